The molecule has 7 heteroatoms. The molecular weight excluding hydrogens is 418 g/mol. The third-order valence-corrected chi connectivity index (χ3v) is 6.53. The Morgan fingerprint density at radius 1 is 1.27 bits per heavy atom. The minimum Gasteiger partial charge on any atom is -0.497 e. The molecule has 1 aromatic heterocycles. The number of rotatable bonds is 9. The largest absolute Gasteiger partial charge is 0.497 e. The second-order valence-corrected chi connectivity index (χ2v) is 8.48. The highest BCUT2D eigenvalue weighted by molar-refractivity contribution is 5.90. The topological polar surface area (TPSA) is 87.0 Å². The maximum Gasteiger partial charge on any atom is 0.267 e. The van der Waals surface area contributed by atoms with E-state index in [1.807, 2.05) is 12.1 Å². The van der Waals surface area contributed by atoms with Crippen LogP contribution >= 0.6 is 0 Å². The van der Waals surface area contributed by atoms with Crippen LogP contribution in [0, 0.1) is 0 Å². The second-order valence-electron chi connectivity index (χ2n) is 8.48. The van der Waals surface area contributed by atoms with Gasteiger partial charge in [0.15, 0.2) is 0 Å². The quantitative estimate of drug-likeness (QED) is 0.265. The summed E-state index contributed by atoms with van der Waals surface area (Å²) in [6.07, 6.45) is 8.06. The molecule has 0 fully saturated rings. The molecule has 1 amide bonds. The van der Waals surface area contributed by atoms with Crippen LogP contribution in [0.3, 0.4) is 0 Å². The van der Waals surface area contributed by atoms with Crippen LogP contribution in [0.5, 0.6) is 5.75 Å². The maximum atomic E-state index is 11.3. The lowest BCUT2D eigenvalue weighted by Gasteiger charge is -2.29. The number of ether oxygens (including phenoxy) is 1. The summed E-state index contributed by atoms with van der Waals surface area (Å²) in [6.45, 7) is 1.60. The molecule has 0 spiro atoms. The lowest BCUT2D eigenvalue weighted by atomic mass is 10.0. The lowest BCUT2D eigenvalue weighted by molar-refractivity contribution is -0.124. The number of amides is 1. The Labute approximate surface area is 193 Å². The summed E-state index contributed by atoms with van der Waals surface area (Å²) in [5.74, 6) is 0.306. The normalized spacial score (nSPS) is 15.5. The number of benzene rings is 2. The van der Waals surface area contributed by atoms with Crippen LogP contribution in [0.25, 0.3) is 17.0 Å². The molecule has 33 heavy (non-hydrogen) atoms. The van der Waals surface area contributed by atoms with Crippen molar-refractivity contribution >= 4 is 22.9 Å². The molecule has 3 N–H and O–H groups in total. The highest BCUT2D eigenvalue weighted by atomic mass is 16.5. The van der Waals surface area contributed by atoms with Gasteiger partial charge in [0, 0.05) is 49.9 Å². The number of hydrogen-bond donors (Lipinski definition) is 3. The third kappa shape index (κ3) is 4.95. The van der Waals surface area contributed by atoms with Gasteiger partial charge in [-0.2, -0.15) is 0 Å². The zero-order valence-corrected chi connectivity index (χ0v) is 19.1. The van der Waals surface area contributed by atoms with Crippen LogP contribution in [0.15, 0.2) is 48.7 Å². The first-order chi connectivity index (χ1) is 16.0. The fourth-order valence-electron chi connectivity index (χ4n) is 4.90. The smallest absolute Gasteiger partial charge is 0.267 e. The number of aromatic nitrogens is 1. The molecule has 0 aliphatic heterocycles. The van der Waals surface area contributed by atoms with E-state index in [2.05, 4.69) is 47.0 Å². The van der Waals surface area contributed by atoms with Crippen molar-refractivity contribution in [2.45, 2.75) is 25.3 Å². The van der Waals surface area contributed by atoms with Crippen LogP contribution in [0.4, 0.5) is 0 Å². The van der Waals surface area contributed by atoms with Gasteiger partial charge in [0.2, 0.25) is 0 Å². The fourth-order valence-corrected chi connectivity index (χ4v) is 4.90. The number of nitrogens with one attached hydrogen (secondary N) is 1. The van der Waals surface area contributed by atoms with E-state index in [0.29, 0.717) is 6.54 Å². The van der Waals surface area contributed by atoms with Gasteiger partial charge in [-0.05, 0) is 59.7 Å². The minimum atomic E-state index is -0.547. The van der Waals surface area contributed by atoms with Gasteiger partial charge >= 0.3 is 0 Å². The Bertz CT molecular complexity index is 1170. The molecule has 7 nitrogen and oxygen atoms in total. The van der Waals surface area contributed by atoms with Gasteiger partial charge in [-0.3, -0.25) is 14.9 Å². The molecule has 2 aromatic carbocycles. The van der Waals surface area contributed by atoms with E-state index in [1.54, 1.807) is 18.7 Å². The van der Waals surface area contributed by atoms with E-state index in [0.717, 1.165) is 42.6 Å². The highest BCUT2D eigenvalue weighted by Crippen LogP contribution is 2.37. The Balaban J connectivity index is 1.51. The summed E-state index contributed by atoms with van der Waals surface area (Å²) in [7, 11) is 3.74. The SMILES string of the molecule is COc1ccc2c(CCN(CCO)C3CCc4cc(C=CC(=O)NO)ccc43)cn(C)c2c1. The van der Waals surface area contributed by atoms with Crippen LogP contribution in [-0.2, 0) is 24.7 Å². The summed E-state index contributed by atoms with van der Waals surface area (Å²) in [4.78, 5) is 13.6. The highest BCUT2D eigenvalue weighted by Gasteiger charge is 2.27. The van der Waals surface area contributed by atoms with Crippen LogP contribution in [0.2, 0.25) is 0 Å². The standard InChI is InChI=1S/C26H31N3O4/c1-28-17-20(23-8-6-21(33-2)16-25(23)28)11-12-29(13-14-30)24-9-5-19-15-18(3-7-22(19)24)4-10-26(31)27-32/h3-4,6-8,10,15-17,24,30,32H,5,9,11-14H2,1-2H3,(H,27,31). The van der Waals surface area contributed by atoms with Crippen LogP contribution in [0.1, 0.15) is 34.7 Å². The van der Waals surface area contributed by atoms with Crippen molar-refractivity contribution in [3.8, 4) is 5.75 Å². The Morgan fingerprint density at radius 3 is 2.88 bits per heavy atom. The van der Waals surface area contributed by atoms with Crippen molar-refractivity contribution in [2.24, 2.45) is 7.05 Å². The molecule has 1 aliphatic rings. The van der Waals surface area contributed by atoms with Gasteiger partial charge in [-0.25, -0.2) is 5.48 Å². The van der Waals surface area contributed by atoms with Crippen molar-refractivity contribution in [2.75, 3.05) is 26.8 Å². The number of hydrogen-bond acceptors (Lipinski definition) is 5. The van der Waals surface area contributed by atoms with Gasteiger partial charge in [-0.15, -0.1) is 0 Å². The zero-order chi connectivity index (χ0) is 23.4. The van der Waals surface area contributed by atoms with Crippen molar-refractivity contribution < 1.29 is 19.8 Å². The van der Waals surface area contributed by atoms with Gasteiger partial charge in [-0.1, -0.05) is 18.2 Å². The molecular formula is C26H31N3O4. The average Bonchev–Trinajstić information content (AvgIpc) is 3.40. The van der Waals surface area contributed by atoms with E-state index in [-0.39, 0.29) is 12.6 Å². The van der Waals surface area contributed by atoms with Gasteiger partial charge in [0.25, 0.3) is 5.91 Å². The Morgan fingerprint density at radius 2 is 2.12 bits per heavy atom. The first-order valence-electron chi connectivity index (χ1n) is 11.3. The summed E-state index contributed by atoms with van der Waals surface area (Å²) < 4.78 is 7.51. The number of aryl methyl sites for hydroxylation is 2. The van der Waals surface area contributed by atoms with Gasteiger partial charge < -0.3 is 14.4 Å². The summed E-state index contributed by atoms with van der Waals surface area (Å²) in [5.41, 5.74) is 7.53. The Hall–Kier alpha value is -3.13. The van der Waals surface area contributed by atoms with Gasteiger partial charge in [0.1, 0.15) is 5.75 Å². The van der Waals surface area contributed by atoms with E-state index < -0.39 is 5.91 Å². The minimum absolute atomic E-state index is 0.121. The van der Waals surface area contributed by atoms with E-state index >= 15 is 0 Å². The van der Waals surface area contributed by atoms with Gasteiger partial charge in [0.05, 0.1) is 19.2 Å². The summed E-state index contributed by atoms with van der Waals surface area (Å²) in [5, 5.41) is 19.6. The zero-order valence-electron chi connectivity index (χ0n) is 19.1. The van der Waals surface area contributed by atoms with Crippen molar-refractivity contribution in [3.05, 3.63) is 70.9 Å². The molecule has 1 atom stereocenters. The predicted octanol–water partition coefficient (Wildman–Crippen LogP) is 3.23. The molecule has 0 saturated carbocycles. The van der Waals surface area contributed by atoms with E-state index in [1.165, 1.54) is 28.2 Å². The molecule has 4 rings (SSSR count). The van der Waals surface area contributed by atoms with E-state index in [4.69, 9.17) is 9.94 Å². The number of carbonyl (C=O) groups excluding carboxylic acids is 1. The maximum absolute atomic E-state index is 11.3. The number of aliphatic hydroxyl groups is 1. The molecule has 1 aliphatic carbocycles. The summed E-state index contributed by atoms with van der Waals surface area (Å²) in [6, 6.07) is 12.7. The number of fused-ring (bicyclic) bond motifs is 2. The second kappa shape index (κ2) is 10.2. The number of nitrogens with zero attached hydrogens (tertiary/aromatic N) is 2. The van der Waals surface area contributed by atoms with Crippen molar-refractivity contribution in [1.82, 2.24) is 14.9 Å². The number of aliphatic hydroxyl groups excluding tert-OH is 1. The van der Waals surface area contributed by atoms with Crippen molar-refractivity contribution in [3.63, 3.8) is 0 Å². The number of carbonyl (C=O) groups is 1. The van der Waals surface area contributed by atoms with E-state index in [9.17, 15) is 9.90 Å². The molecule has 0 bridgehead atoms. The first kappa shape index (κ1) is 23.0. The fraction of sp³-hybridized carbons (Fsp3) is 0.346. The molecule has 1 unspecified atom stereocenters. The third-order valence-electron chi connectivity index (χ3n) is 6.53. The Kier molecular flexibility index (Phi) is 7.13. The molecule has 174 valence electrons. The van der Waals surface area contributed by atoms with Crippen LogP contribution < -0.4 is 10.2 Å². The van der Waals surface area contributed by atoms with Crippen LogP contribution in [-0.4, -0.2) is 52.5 Å². The molecule has 0 saturated heterocycles. The summed E-state index contributed by atoms with van der Waals surface area (Å²) >= 11 is 0. The molecule has 0 radical (unpaired) electrons. The number of hydroxylamine groups is 1. The monoisotopic (exact) mass is 449 g/mol. The van der Waals surface area contributed by atoms with Crippen molar-refractivity contribution in [1.29, 1.82) is 0 Å². The first-order valence-corrected chi connectivity index (χ1v) is 11.3. The average molecular weight is 450 g/mol. The predicted molar refractivity (Wildman–Crippen MR) is 128 cm³/mol. The number of methoxy groups -OCH3 is 1. The molecule has 3 aromatic rings. The lowest BCUT2D eigenvalue weighted by Crippen LogP contribution is -2.32. The molecule has 1 heterocycles.